The zero-order chi connectivity index (χ0) is 19.1. The molecule has 2 aromatic carbocycles. The van der Waals surface area contributed by atoms with Crippen LogP contribution in [0.3, 0.4) is 0 Å². The summed E-state index contributed by atoms with van der Waals surface area (Å²) in [5.41, 5.74) is 1.85. The third-order valence-corrected chi connectivity index (χ3v) is 4.97. The molecule has 0 aliphatic heterocycles. The highest BCUT2D eigenvalue weighted by Gasteiger charge is 2.15. The molecule has 4 nitrogen and oxygen atoms in total. The molecule has 0 fully saturated rings. The molecule has 6 heteroatoms. The summed E-state index contributed by atoms with van der Waals surface area (Å²) >= 11 is 12.0. The number of hydrogen-bond donors (Lipinski definition) is 2. The monoisotopic (exact) mass is 395 g/mol. The number of hydrogen-bond acceptors (Lipinski definition) is 3. The van der Waals surface area contributed by atoms with Crippen LogP contribution >= 0.6 is 23.2 Å². The van der Waals surface area contributed by atoms with Gasteiger partial charge in [0.2, 0.25) is 0 Å². The first-order valence-electron chi connectivity index (χ1n) is 8.67. The summed E-state index contributed by atoms with van der Waals surface area (Å²) in [4.78, 5) is 12.0. The predicted molar refractivity (Wildman–Crippen MR) is 107 cm³/mol. The van der Waals surface area contributed by atoms with Crippen molar-refractivity contribution in [2.24, 2.45) is 0 Å². The standard InChI is InChI=1S/C20H23Cl2NO3/c1-3-4-5-6-7-14-8-10-15(11-9-14)26-20(25)23-17-12-16(21)13(2)18(22)19(17)24/h8-12,24H,3-7H2,1-2H3,(H,23,25). The maximum atomic E-state index is 12.0. The van der Waals surface area contributed by atoms with E-state index in [0.29, 0.717) is 16.3 Å². The maximum Gasteiger partial charge on any atom is 0.417 e. The van der Waals surface area contributed by atoms with Gasteiger partial charge in [0.15, 0.2) is 5.75 Å². The minimum atomic E-state index is -0.730. The average molecular weight is 396 g/mol. The Balaban J connectivity index is 1.94. The smallest absolute Gasteiger partial charge is 0.417 e. The van der Waals surface area contributed by atoms with E-state index in [-0.39, 0.29) is 16.5 Å². The third-order valence-electron chi connectivity index (χ3n) is 4.11. The van der Waals surface area contributed by atoms with Gasteiger partial charge in [-0.3, -0.25) is 5.32 Å². The normalized spacial score (nSPS) is 10.6. The van der Waals surface area contributed by atoms with Gasteiger partial charge in [0.1, 0.15) is 5.75 Å². The van der Waals surface area contributed by atoms with E-state index in [1.165, 1.54) is 30.9 Å². The molecular formula is C20H23Cl2NO3. The van der Waals surface area contributed by atoms with Crippen molar-refractivity contribution >= 4 is 35.0 Å². The number of unbranched alkanes of at least 4 members (excludes halogenated alkanes) is 3. The van der Waals surface area contributed by atoms with Crippen LogP contribution in [-0.2, 0) is 6.42 Å². The first-order valence-corrected chi connectivity index (χ1v) is 9.43. The number of phenolic OH excluding ortho intramolecular Hbond substituents is 1. The second-order valence-corrected chi connectivity index (χ2v) is 6.95. The fourth-order valence-corrected chi connectivity index (χ4v) is 2.98. The van der Waals surface area contributed by atoms with Crippen molar-refractivity contribution in [2.45, 2.75) is 46.0 Å². The molecule has 26 heavy (non-hydrogen) atoms. The highest BCUT2D eigenvalue weighted by Crippen LogP contribution is 2.38. The molecule has 140 valence electrons. The number of nitrogens with one attached hydrogen (secondary N) is 1. The lowest BCUT2D eigenvalue weighted by Gasteiger charge is -2.12. The number of carbonyl (C=O) groups excluding carboxylic acids is 1. The molecule has 0 spiro atoms. The van der Waals surface area contributed by atoms with Crippen LogP contribution in [0.2, 0.25) is 10.0 Å². The molecule has 0 atom stereocenters. The molecule has 1 amide bonds. The molecule has 2 rings (SSSR count). The van der Waals surface area contributed by atoms with Gasteiger partial charge >= 0.3 is 6.09 Å². The van der Waals surface area contributed by atoms with Crippen molar-refractivity contribution < 1.29 is 14.6 Å². The predicted octanol–water partition coefficient (Wildman–Crippen LogP) is 6.74. The minimum absolute atomic E-state index is 0.0974. The fourth-order valence-electron chi connectivity index (χ4n) is 2.52. The molecule has 0 unspecified atom stereocenters. The Labute approximate surface area is 164 Å². The van der Waals surface area contributed by atoms with Gasteiger partial charge < -0.3 is 9.84 Å². The summed E-state index contributed by atoms with van der Waals surface area (Å²) in [7, 11) is 0. The Morgan fingerprint density at radius 1 is 1.15 bits per heavy atom. The Bertz CT molecular complexity index is 761. The molecule has 0 saturated heterocycles. The number of halogens is 2. The van der Waals surface area contributed by atoms with Gasteiger partial charge in [0.25, 0.3) is 0 Å². The number of phenols is 1. The number of anilines is 1. The van der Waals surface area contributed by atoms with E-state index in [1.54, 1.807) is 19.1 Å². The molecule has 0 saturated carbocycles. The molecule has 0 aliphatic rings. The second-order valence-electron chi connectivity index (χ2n) is 6.16. The van der Waals surface area contributed by atoms with E-state index >= 15 is 0 Å². The summed E-state index contributed by atoms with van der Waals surface area (Å²) < 4.78 is 5.23. The third kappa shape index (κ3) is 5.55. The van der Waals surface area contributed by atoms with Gasteiger partial charge in [-0.15, -0.1) is 0 Å². The number of benzene rings is 2. The van der Waals surface area contributed by atoms with Crippen molar-refractivity contribution in [3.8, 4) is 11.5 Å². The number of aromatic hydroxyl groups is 1. The molecule has 0 heterocycles. The summed E-state index contributed by atoms with van der Waals surface area (Å²) in [5, 5.41) is 12.9. The fraction of sp³-hybridized carbons (Fsp3) is 0.350. The number of ether oxygens (including phenoxy) is 1. The molecular weight excluding hydrogens is 373 g/mol. The Morgan fingerprint density at radius 3 is 2.50 bits per heavy atom. The zero-order valence-corrected chi connectivity index (χ0v) is 16.5. The van der Waals surface area contributed by atoms with Gasteiger partial charge in [0.05, 0.1) is 10.7 Å². The van der Waals surface area contributed by atoms with Crippen LogP contribution in [0.4, 0.5) is 10.5 Å². The van der Waals surface area contributed by atoms with Gasteiger partial charge in [-0.05, 0) is 49.1 Å². The van der Waals surface area contributed by atoms with Gasteiger partial charge in [-0.2, -0.15) is 0 Å². The van der Waals surface area contributed by atoms with Crippen LogP contribution in [0, 0.1) is 6.92 Å². The topological polar surface area (TPSA) is 58.6 Å². The quantitative estimate of drug-likeness (QED) is 0.402. The van der Waals surface area contributed by atoms with Crippen molar-refractivity contribution in [3.63, 3.8) is 0 Å². The van der Waals surface area contributed by atoms with Crippen LogP contribution in [-0.4, -0.2) is 11.2 Å². The van der Waals surface area contributed by atoms with E-state index < -0.39 is 6.09 Å². The lowest BCUT2D eigenvalue weighted by atomic mass is 10.1. The molecule has 0 aliphatic carbocycles. The lowest BCUT2D eigenvalue weighted by molar-refractivity contribution is 0.215. The van der Waals surface area contributed by atoms with Gasteiger partial charge in [0, 0.05) is 5.02 Å². The molecule has 0 aromatic heterocycles. The van der Waals surface area contributed by atoms with Crippen LogP contribution in [0.15, 0.2) is 30.3 Å². The number of carbonyl (C=O) groups is 1. The Kier molecular flexibility index (Phi) is 7.61. The Morgan fingerprint density at radius 2 is 1.85 bits per heavy atom. The van der Waals surface area contributed by atoms with E-state index in [1.807, 2.05) is 12.1 Å². The SMILES string of the molecule is CCCCCCc1ccc(OC(=O)Nc2cc(Cl)c(C)c(Cl)c2O)cc1. The highest BCUT2D eigenvalue weighted by atomic mass is 35.5. The maximum absolute atomic E-state index is 12.0. The summed E-state index contributed by atoms with van der Waals surface area (Å²) in [5.74, 6) is 0.177. The lowest BCUT2D eigenvalue weighted by Crippen LogP contribution is -2.17. The molecule has 2 N–H and O–H groups in total. The molecule has 0 radical (unpaired) electrons. The number of aryl methyl sites for hydroxylation is 1. The van der Waals surface area contributed by atoms with Gasteiger partial charge in [-0.1, -0.05) is 61.5 Å². The van der Waals surface area contributed by atoms with Gasteiger partial charge in [-0.25, -0.2) is 4.79 Å². The van der Waals surface area contributed by atoms with Crippen molar-refractivity contribution in [3.05, 3.63) is 51.5 Å². The summed E-state index contributed by atoms with van der Waals surface area (Å²) in [6.07, 6.45) is 5.13. The Hall–Kier alpha value is -1.91. The number of rotatable bonds is 7. The highest BCUT2D eigenvalue weighted by molar-refractivity contribution is 6.37. The first-order chi connectivity index (χ1) is 12.4. The van der Waals surface area contributed by atoms with E-state index in [4.69, 9.17) is 27.9 Å². The summed E-state index contributed by atoms with van der Waals surface area (Å²) in [6, 6.07) is 8.84. The minimum Gasteiger partial charge on any atom is -0.504 e. The largest absolute Gasteiger partial charge is 0.504 e. The average Bonchev–Trinajstić information content (AvgIpc) is 2.63. The zero-order valence-electron chi connectivity index (χ0n) is 14.9. The van der Waals surface area contributed by atoms with Crippen LogP contribution in [0.25, 0.3) is 0 Å². The second kappa shape index (κ2) is 9.70. The van der Waals surface area contributed by atoms with Crippen LogP contribution in [0.1, 0.15) is 43.7 Å². The van der Waals surface area contributed by atoms with Crippen LogP contribution < -0.4 is 10.1 Å². The first kappa shape index (κ1) is 20.4. The van der Waals surface area contributed by atoms with Crippen molar-refractivity contribution in [2.75, 3.05) is 5.32 Å². The molecule has 0 bridgehead atoms. The summed E-state index contributed by atoms with van der Waals surface area (Å²) in [6.45, 7) is 3.87. The number of amides is 1. The van der Waals surface area contributed by atoms with E-state index in [0.717, 1.165) is 12.8 Å². The van der Waals surface area contributed by atoms with E-state index in [2.05, 4.69) is 12.2 Å². The molecule has 2 aromatic rings. The van der Waals surface area contributed by atoms with Crippen LogP contribution in [0.5, 0.6) is 11.5 Å². The van der Waals surface area contributed by atoms with Crippen molar-refractivity contribution in [1.82, 2.24) is 0 Å². The van der Waals surface area contributed by atoms with Crippen molar-refractivity contribution in [1.29, 1.82) is 0 Å². The van der Waals surface area contributed by atoms with E-state index in [9.17, 15) is 9.90 Å².